The molecule has 0 unspecified atom stereocenters. The molecule has 2 rings (SSSR count). The summed E-state index contributed by atoms with van der Waals surface area (Å²) in [6, 6.07) is 2.64. The van der Waals surface area contributed by atoms with Crippen LogP contribution in [-0.4, -0.2) is 29.0 Å². The highest BCUT2D eigenvalue weighted by Gasteiger charge is 2.22. The molecular weight excluding hydrogens is 334 g/mol. The number of hydrogen-bond acceptors (Lipinski definition) is 7. The minimum absolute atomic E-state index is 0.0301. The summed E-state index contributed by atoms with van der Waals surface area (Å²) >= 11 is 1.32. The fourth-order valence-corrected chi connectivity index (χ4v) is 2.58. The van der Waals surface area contributed by atoms with Gasteiger partial charge < -0.3 is 14.8 Å². The molecule has 0 radical (unpaired) electrons. The van der Waals surface area contributed by atoms with Crippen molar-refractivity contribution in [2.75, 3.05) is 18.5 Å². The molecule has 0 atom stereocenters. The average molecular weight is 351 g/mol. The first-order chi connectivity index (χ1) is 11.5. The van der Waals surface area contributed by atoms with Gasteiger partial charge in [0.1, 0.15) is 11.4 Å². The summed E-state index contributed by atoms with van der Waals surface area (Å²) in [6.07, 6.45) is 0. The highest BCUT2D eigenvalue weighted by molar-refractivity contribution is 7.09. The standard InChI is InChI=1S/C15H17N3O5S/c1-4-22-13-6-10(12(18(20)21)7-14(13)23-5-2)17-15(19)11-8-24-9(3)16-11/h6-8H,4-5H2,1-3H3,(H,17,19). The van der Waals surface area contributed by atoms with Gasteiger partial charge in [-0.2, -0.15) is 0 Å². The second-order valence-corrected chi connectivity index (χ2v) is 5.71. The van der Waals surface area contributed by atoms with Crippen molar-refractivity contribution in [2.45, 2.75) is 20.8 Å². The van der Waals surface area contributed by atoms with E-state index in [9.17, 15) is 14.9 Å². The first-order valence-electron chi connectivity index (χ1n) is 7.27. The van der Waals surface area contributed by atoms with Gasteiger partial charge in [0, 0.05) is 11.4 Å². The molecule has 0 spiro atoms. The van der Waals surface area contributed by atoms with E-state index in [0.29, 0.717) is 19.0 Å². The molecule has 0 aliphatic rings. The number of amides is 1. The second kappa shape index (κ2) is 7.73. The van der Waals surface area contributed by atoms with Gasteiger partial charge in [-0.3, -0.25) is 14.9 Å². The normalized spacial score (nSPS) is 10.3. The Morgan fingerprint density at radius 2 is 1.92 bits per heavy atom. The Morgan fingerprint density at radius 3 is 2.42 bits per heavy atom. The number of nitrogens with zero attached hydrogens (tertiary/aromatic N) is 2. The molecule has 1 aromatic heterocycles. The number of nitro benzene ring substituents is 1. The van der Waals surface area contributed by atoms with E-state index in [1.807, 2.05) is 0 Å². The zero-order valence-corrected chi connectivity index (χ0v) is 14.3. The number of anilines is 1. The van der Waals surface area contributed by atoms with Crippen molar-refractivity contribution in [1.82, 2.24) is 4.98 Å². The van der Waals surface area contributed by atoms with E-state index < -0.39 is 10.8 Å². The Labute approximate surface area is 142 Å². The molecule has 1 N–H and O–H groups in total. The van der Waals surface area contributed by atoms with Crippen LogP contribution in [0.5, 0.6) is 11.5 Å². The molecule has 0 aliphatic carbocycles. The van der Waals surface area contributed by atoms with Gasteiger partial charge in [-0.05, 0) is 20.8 Å². The molecule has 128 valence electrons. The molecule has 1 amide bonds. The molecule has 0 aliphatic heterocycles. The number of ether oxygens (including phenoxy) is 2. The minimum atomic E-state index is -0.583. The predicted octanol–water partition coefficient (Wildman–Crippen LogP) is 3.41. The number of nitrogens with one attached hydrogen (secondary N) is 1. The van der Waals surface area contributed by atoms with E-state index in [2.05, 4.69) is 10.3 Å². The topological polar surface area (TPSA) is 104 Å². The monoisotopic (exact) mass is 351 g/mol. The third-order valence-corrected chi connectivity index (χ3v) is 3.73. The van der Waals surface area contributed by atoms with Crippen molar-refractivity contribution in [3.05, 3.63) is 38.3 Å². The number of aryl methyl sites for hydroxylation is 1. The van der Waals surface area contributed by atoms with E-state index in [4.69, 9.17) is 9.47 Å². The molecule has 0 fully saturated rings. The van der Waals surface area contributed by atoms with Gasteiger partial charge in [0.25, 0.3) is 11.6 Å². The van der Waals surface area contributed by atoms with Gasteiger partial charge in [-0.1, -0.05) is 0 Å². The first-order valence-corrected chi connectivity index (χ1v) is 8.15. The van der Waals surface area contributed by atoms with Crippen LogP contribution in [0.3, 0.4) is 0 Å². The number of nitro groups is 1. The molecule has 1 aromatic carbocycles. The van der Waals surface area contributed by atoms with Crippen LogP contribution in [0.1, 0.15) is 29.3 Å². The van der Waals surface area contributed by atoms with Crippen LogP contribution in [0.25, 0.3) is 0 Å². The Morgan fingerprint density at radius 1 is 1.29 bits per heavy atom. The van der Waals surface area contributed by atoms with Crippen molar-refractivity contribution in [3.63, 3.8) is 0 Å². The predicted molar refractivity (Wildman–Crippen MR) is 90.2 cm³/mol. The van der Waals surface area contributed by atoms with Crippen LogP contribution in [0.4, 0.5) is 11.4 Å². The van der Waals surface area contributed by atoms with Crippen molar-refractivity contribution < 1.29 is 19.2 Å². The molecule has 0 saturated carbocycles. The Hall–Kier alpha value is -2.68. The summed E-state index contributed by atoms with van der Waals surface area (Å²) in [4.78, 5) is 27.0. The van der Waals surface area contributed by atoms with Crippen molar-refractivity contribution >= 4 is 28.6 Å². The van der Waals surface area contributed by atoms with E-state index in [-0.39, 0.29) is 22.8 Å². The quantitative estimate of drug-likeness (QED) is 0.605. The Kier molecular flexibility index (Phi) is 5.69. The summed E-state index contributed by atoms with van der Waals surface area (Å²) in [7, 11) is 0. The fraction of sp³-hybridized carbons (Fsp3) is 0.333. The summed E-state index contributed by atoms with van der Waals surface area (Å²) in [5.74, 6) is 0.0670. The largest absolute Gasteiger partial charge is 0.490 e. The lowest BCUT2D eigenvalue weighted by atomic mass is 10.2. The van der Waals surface area contributed by atoms with E-state index in [0.717, 1.165) is 5.01 Å². The van der Waals surface area contributed by atoms with Gasteiger partial charge in [0.2, 0.25) is 0 Å². The van der Waals surface area contributed by atoms with E-state index >= 15 is 0 Å². The lowest BCUT2D eigenvalue weighted by molar-refractivity contribution is -0.384. The SMILES string of the molecule is CCOc1cc(NC(=O)c2csc(C)n2)c([N+](=O)[O-])cc1OCC. The Balaban J connectivity index is 2.40. The first kappa shape index (κ1) is 17.7. The number of carbonyl (C=O) groups is 1. The molecule has 9 heteroatoms. The highest BCUT2D eigenvalue weighted by atomic mass is 32.1. The van der Waals surface area contributed by atoms with Crippen molar-refractivity contribution in [2.24, 2.45) is 0 Å². The van der Waals surface area contributed by atoms with Gasteiger partial charge in [-0.15, -0.1) is 11.3 Å². The zero-order chi connectivity index (χ0) is 17.7. The van der Waals surface area contributed by atoms with Crippen LogP contribution in [-0.2, 0) is 0 Å². The number of hydrogen-bond donors (Lipinski definition) is 1. The van der Waals surface area contributed by atoms with Gasteiger partial charge in [-0.25, -0.2) is 4.98 Å². The third kappa shape index (κ3) is 3.99. The maximum Gasteiger partial charge on any atom is 0.296 e. The third-order valence-electron chi connectivity index (χ3n) is 2.96. The number of aromatic nitrogens is 1. The van der Waals surface area contributed by atoms with E-state index in [1.54, 1.807) is 26.2 Å². The second-order valence-electron chi connectivity index (χ2n) is 4.65. The molecule has 0 bridgehead atoms. The summed E-state index contributed by atoms with van der Waals surface area (Å²) in [5.41, 5.74) is -0.0385. The van der Waals surface area contributed by atoms with Gasteiger partial charge in [0.15, 0.2) is 11.5 Å². The van der Waals surface area contributed by atoms with Crippen molar-refractivity contribution in [3.8, 4) is 11.5 Å². The highest BCUT2D eigenvalue weighted by Crippen LogP contribution is 2.38. The molecule has 0 saturated heterocycles. The number of benzene rings is 1. The van der Waals surface area contributed by atoms with Crippen LogP contribution in [0.15, 0.2) is 17.5 Å². The number of thiazole rings is 1. The van der Waals surface area contributed by atoms with Gasteiger partial charge in [0.05, 0.1) is 29.2 Å². The van der Waals surface area contributed by atoms with Crippen LogP contribution >= 0.6 is 11.3 Å². The summed E-state index contributed by atoms with van der Waals surface area (Å²) in [6.45, 7) is 6.01. The van der Waals surface area contributed by atoms with Crippen LogP contribution < -0.4 is 14.8 Å². The molecule has 24 heavy (non-hydrogen) atoms. The van der Waals surface area contributed by atoms with Crippen molar-refractivity contribution in [1.29, 1.82) is 0 Å². The minimum Gasteiger partial charge on any atom is -0.490 e. The summed E-state index contributed by atoms with van der Waals surface area (Å²) in [5, 5.41) is 16.2. The number of rotatable bonds is 7. The van der Waals surface area contributed by atoms with Crippen LogP contribution in [0, 0.1) is 17.0 Å². The van der Waals surface area contributed by atoms with Crippen LogP contribution in [0.2, 0.25) is 0 Å². The maximum atomic E-state index is 12.2. The lowest BCUT2D eigenvalue weighted by Crippen LogP contribution is -2.14. The summed E-state index contributed by atoms with van der Waals surface area (Å²) < 4.78 is 10.8. The number of carbonyl (C=O) groups excluding carboxylic acids is 1. The molecule has 8 nitrogen and oxygen atoms in total. The Bertz CT molecular complexity index is 760. The average Bonchev–Trinajstić information content (AvgIpc) is 2.96. The smallest absolute Gasteiger partial charge is 0.296 e. The maximum absolute atomic E-state index is 12.2. The lowest BCUT2D eigenvalue weighted by Gasteiger charge is -2.13. The van der Waals surface area contributed by atoms with E-state index in [1.165, 1.54) is 23.5 Å². The molecule has 2 aromatic rings. The fourth-order valence-electron chi connectivity index (χ4n) is 1.99. The zero-order valence-electron chi connectivity index (χ0n) is 13.5. The van der Waals surface area contributed by atoms with Gasteiger partial charge >= 0.3 is 0 Å². The molecular formula is C15H17N3O5S. The molecule has 1 heterocycles.